The Morgan fingerprint density at radius 1 is 1.03 bits per heavy atom. The Morgan fingerprint density at radius 3 is 2.21 bits per heavy atom. The van der Waals surface area contributed by atoms with Crippen molar-refractivity contribution < 1.29 is 43.2 Å². The van der Waals surface area contributed by atoms with Crippen LogP contribution in [0, 0.1) is 5.92 Å². The van der Waals surface area contributed by atoms with Gasteiger partial charge in [0.15, 0.2) is 0 Å². The summed E-state index contributed by atoms with van der Waals surface area (Å²) in [5, 5.41) is 14.7. The molecule has 0 bridgehead atoms. The van der Waals surface area contributed by atoms with Gasteiger partial charge in [-0.15, -0.1) is 11.8 Å². The summed E-state index contributed by atoms with van der Waals surface area (Å²) in [6, 6.07) is 11.6. The number of hydrogen-bond donors (Lipinski definition) is 2. The molecule has 1 saturated heterocycles. The minimum Gasteiger partial charge on any atom is -0.473 e. The van der Waals surface area contributed by atoms with Gasteiger partial charge in [0.25, 0.3) is 0 Å². The summed E-state index contributed by atoms with van der Waals surface area (Å²) >= 11 is 1.64. The first kappa shape index (κ1) is 26.5. The molecule has 0 saturated carbocycles. The Kier molecular flexibility index (Phi) is 8.76. The number of carboxylic acid groups (broad SMARTS) is 2. The molecule has 11 heteroatoms. The summed E-state index contributed by atoms with van der Waals surface area (Å²) in [6.07, 6.45) is -2.39. The van der Waals surface area contributed by atoms with Gasteiger partial charge < -0.3 is 25.3 Å². The quantitative estimate of drug-likeness (QED) is 0.575. The summed E-state index contributed by atoms with van der Waals surface area (Å²) in [5.41, 5.74) is 0.0555. The molecule has 1 fully saturated rings. The molecule has 2 aromatic rings. The first-order valence-electron chi connectivity index (χ1n) is 9.85. The number of fused-ring (bicyclic) bond motifs is 2. The Labute approximate surface area is 192 Å². The fraction of sp³-hybridized carbons (Fsp3) is 0.364. The minimum absolute atomic E-state index is 0. The SMILES string of the molecule is CN1CCC(C2Sc3ccccc3Oc3ccc(C(F)(F)F)cc32)CC1.O.O=C(O)C(=O)O. The average molecular weight is 487 g/mol. The molecule has 7 nitrogen and oxygen atoms in total. The van der Waals surface area contributed by atoms with E-state index >= 15 is 0 Å². The van der Waals surface area contributed by atoms with Crippen molar-refractivity contribution in [2.75, 3.05) is 20.1 Å². The van der Waals surface area contributed by atoms with Crippen LogP contribution in [0.25, 0.3) is 0 Å². The highest BCUT2D eigenvalue weighted by Crippen LogP contribution is 2.53. The zero-order chi connectivity index (χ0) is 23.5. The number of carboxylic acids is 2. The third-order valence-corrected chi connectivity index (χ3v) is 6.82. The number of thioether (sulfide) groups is 1. The predicted octanol–water partition coefficient (Wildman–Crippen LogP) is 4.32. The van der Waals surface area contributed by atoms with E-state index in [0.29, 0.717) is 23.0 Å². The largest absolute Gasteiger partial charge is 0.473 e. The van der Waals surface area contributed by atoms with E-state index in [1.54, 1.807) is 11.8 Å². The zero-order valence-corrected chi connectivity index (χ0v) is 18.4. The number of ether oxygens (including phenoxy) is 1. The van der Waals surface area contributed by atoms with E-state index in [4.69, 9.17) is 24.5 Å². The first-order valence-corrected chi connectivity index (χ1v) is 10.7. The van der Waals surface area contributed by atoms with Gasteiger partial charge in [-0.05, 0) is 69.2 Å². The molecule has 4 rings (SSSR count). The number of aliphatic carboxylic acids is 2. The van der Waals surface area contributed by atoms with Gasteiger partial charge in [0.05, 0.1) is 10.5 Å². The Balaban J connectivity index is 0.000000491. The molecule has 0 aliphatic carbocycles. The van der Waals surface area contributed by atoms with Gasteiger partial charge in [0.2, 0.25) is 0 Å². The molecule has 2 aliphatic heterocycles. The van der Waals surface area contributed by atoms with Crippen LogP contribution in [-0.4, -0.2) is 52.7 Å². The second kappa shape index (κ2) is 10.9. The first-order chi connectivity index (χ1) is 15.1. The van der Waals surface area contributed by atoms with Gasteiger partial charge in [-0.3, -0.25) is 0 Å². The van der Waals surface area contributed by atoms with Crippen LogP contribution in [0.5, 0.6) is 11.5 Å². The monoisotopic (exact) mass is 487 g/mol. The fourth-order valence-electron chi connectivity index (χ4n) is 3.67. The number of halogens is 3. The zero-order valence-electron chi connectivity index (χ0n) is 17.6. The van der Waals surface area contributed by atoms with Gasteiger partial charge in [0, 0.05) is 10.8 Å². The maximum absolute atomic E-state index is 13.3. The van der Waals surface area contributed by atoms with Crippen molar-refractivity contribution in [3.63, 3.8) is 0 Å². The molecular weight excluding hydrogens is 463 g/mol. The number of likely N-dealkylation sites (tertiary alicyclic amines) is 1. The van der Waals surface area contributed by atoms with Crippen molar-refractivity contribution in [1.29, 1.82) is 0 Å². The minimum atomic E-state index is -4.35. The van der Waals surface area contributed by atoms with Gasteiger partial charge in [-0.2, -0.15) is 13.2 Å². The lowest BCUT2D eigenvalue weighted by Crippen LogP contribution is -2.32. The van der Waals surface area contributed by atoms with Crippen molar-refractivity contribution >= 4 is 23.7 Å². The average Bonchev–Trinajstić information content (AvgIpc) is 2.90. The van der Waals surface area contributed by atoms with Crippen LogP contribution >= 0.6 is 11.8 Å². The van der Waals surface area contributed by atoms with E-state index in [9.17, 15) is 13.2 Å². The molecule has 0 aromatic heterocycles. The Bertz CT molecular complexity index is 980. The van der Waals surface area contributed by atoms with Gasteiger partial charge in [0.1, 0.15) is 11.5 Å². The van der Waals surface area contributed by atoms with E-state index in [2.05, 4.69) is 11.9 Å². The maximum Gasteiger partial charge on any atom is 0.416 e. The molecule has 2 aromatic carbocycles. The van der Waals surface area contributed by atoms with Crippen molar-refractivity contribution in [1.82, 2.24) is 4.90 Å². The lowest BCUT2D eigenvalue weighted by molar-refractivity contribution is -0.159. The van der Waals surface area contributed by atoms with Crippen LogP contribution in [-0.2, 0) is 15.8 Å². The van der Waals surface area contributed by atoms with Gasteiger partial charge in [-0.1, -0.05) is 12.1 Å². The van der Waals surface area contributed by atoms with Crippen molar-refractivity contribution in [3.05, 3.63) is 53.6 Å². The highest BCUT2D eigenvalue weighted by Gasteiger charge is 2.36. The van der Waals surface area contributed by atoms with Crippen molar-refractivity contribution in [3.8, 4) is 11.5 Å². The second-order valence-corrected chi connectivity index (χ2v) is 8.77. The highest BCUT2D eigenvalue weighted by molar-refractivity contribution is 7.99. The number of nitrogens with zero attached hydrogens (tertiary/aromatic N) is 1. The van der Waals surface area contributed by atoms with Crippen molar-refractivity contribution in [2.24, 2.45) is 5.92 Å². The second-order valence-electron chi connectivity index (χ2n) is 7.59. The molecule has 1 atom stereocenters. The summed E-state index contributed by atoms with van der Waals surface area (Å²) in [4.78, 5) is 21.5. The Hall–Kier alpha value is -2.76. The number of alkyl halides is 3. The number of rotatable bonds is 1. The van der Waals surface area contributed by atoms with E-state index < -0.39 is 23.7 Å². The third kappa shape index (κ3) is 6.62. The fourth-order valence-corrected chi connectivity index (χ4v) is 5.10. The van der Waals surface area contributed by atoms with Gasteiger partial charge >= 0.3 is 18.1 Å². The molecule has 4 N–H and O–H groups in total. The topological polar surface area (TPSA) is 119 Å². The number of para-hydroxylation sites is 1. The van der Waals surface area contributed by atoms with Crippen molar-refractivity contribution in [2.45, 2.75) is 29.2 Å². The lowest BCUT2D eigenvalue weighted by atomic mass is 9.88. The molecule has 1 unspecified atom stereocenters. The summed E-state index contributed by atoms with van der Waals surface area (Å²) in [7, 11) is 2.09. The molecule has 2 aliphatic rings. The van der Waals surface area contributed by atoms with E-state index in [-0.39, 0.29) is 10.7 Å². The molecule has 0 amide bonds. The molecular formula is C22H24F3NO6S. The molecule has 0 spiro atoms. The molecule has 2 heterocycles. The standard InChI is InChI=1S/C20H20F3NOS.C2H2O4.H2O/c1-24-10-8-13(9-11-24)19-15-12-14(20(21,22)23)6-7-16(15)25-17-4-2-3-5-18(17)26-19;3-1(4)2(5)6;/h2-7,12-13,19H,8-11H2,1H3;(H,3,4)(H,5,6);1H2. The maximum atomic E-state index is 13.3. The Morgan fingerprint density at radius 2 is 1.64 bits per heavy atom. The van der Waals surface area contributed by atoms with E-state index in [1.165, 1.54) is 12.1 Å². The molecule has 33 heavy (non-hydrogen) atoms. The summed E-state index contributed by atoms with van der Waals surface area (Å²) < 4.78 is 45.9. The summed E-state index contributed by atoms with van der Waals surface area (Å²) in [6.45, 7) is 1.94. The number of benzene rings is 2. The van der Waals surface area contributed by atoms with E-state index in [0.717, 1.165) is 36.9 Å². The number of piperidine rings is 1. The molecule has 180 valence electrons. The lowest BCUT2D eigenvalue weighted by Gasteiger charge is -2.34. The van der Waals surface area contributed by atoms with Crippen LogP contribution < -0.4 is 4.74 Å². The van der Waals surface area contributed by atoms with Crippen LogP contribution in [0.15, 0.2) is 47.4 Å². The summed E-state index contributed by atoms with van der Waals surface area (Å²) in [5.74, 6) is -2.06. The third-order valence-electron chi connectivity index (χ3n) is 5.34. The van der Waals surface area contributed by atoms with Crippen LogP contribution in [0.1, 0.15) is 29.2 Å². The van der Waals surface area contributed by atoms with E-state index in [1.807, 2.05) is 24.3 Å². The predicted molar refractivity (Wildman–Crippen MR) is 116 cm³/mol. The van der Waals surface area contributed by atoms with Crippen LogP contribution in [0.3, 0.4) is 0 Å². The van der Waals surface area contributed by atoms with Crippen LogP contribution in [0.4, 0.5) is 13.2 Å². The number of carbonyl (C=O) groups is 2. The normalized spacial score (nSPS) is 18.2. The number of hydrogen-bond acceptors (Lipinski definition) is 5. The smallest absolute Gasteiger partial charge is 0.416 e. The highest BCUT2D eigenvalue weighted by atomic mass is 32.2. The van der Waals surface area contributed by atoms with Crippen LogP contribution in [0.2, 0.25) is 0 Å². The molecule has 0 radical (unpaired) electrons. The van der Waals surface area contributed by atoms with Gasteiger partial charge in [-0.25, -0.2) is 9.59 Å².